The van der Waals surface area contributed by atoms with Gasteiger partial charge >= 0.3 is 0 Å². The van der Waals surface area contributed by atoms with Gasteiger partial charge in [-0.1, -0.05) is 6.07 Å². The molecule has 1 saturated heterocycles. The molecule has 2 aliphatic rings. The summed E-state index contributed by atoms with van der Waals surface area (Å²) in [5, 5.41) is 0. The molecule has 0 radical (unpaired) electrons. The van der Waals surface area contributed by atoms with Crippen LogP contribution in [0.3, 0.4) is 0 Å². The first-order valence-corrected chi connectivity index (χ1v) is 8.73. The van der Waals surface area contributed by atoms with Crippen LogP contribution in [0.15, 0.2) is 24.3 Å². The number of rotatable bonds is 2. The van der Waals surface area contributed by atoms with Crippen molar-refractivity contribution in [3.05, 3.63) is 47.0 Å². The van der Waals surface area contributed by atoms with Gasteiger partial charge in [-0.15, -0.1) is 0 Å². The second kappa shape index (κ2) is 6.92. The predicted octanol–water partition coefficient (Wildman–Crippen LogP) is 2.08. The van der Waals surface area contributed by atoms with Crippen LogP contribution in [0.25, 0.3) is 0 Å². The minimum absolute atomic E-state index is 0.0926. The smallest absolute Gasteiger partial charge is 0.257 e. The fraction of sp³-hybridized carbons (Fsp3) is 0.421. The van der Waals surface area contributed by atoms with E-state index in [1.54, 1.807) is 11.0 Å². The van der Waals surface area contributed by atoms with Crippen LogP contribution in [-0.4, -0.2) is 53.7 Å². The molecule has 136 valence electrons. The Labute approximate surface area is 151 Å². The van der Waals surface area contributed by atoms with Crippen molar-refractivity contribution in [1.82, 2.24) is 14.9 Å². The van der Waals surface area contributed by atoms with Gasteiger partial charge in [0.05, 0.1) is 18.7 Å². The first-order chi connectivity index (χ1) is 12.6. The van der Waals surface area contributed by atoms with E-state index >= 15 is 0 Å². The molecule has 1 fully saturated rings. The molecule has 0 aliphatic carbocycles. The Balaban J connectivity index is 1.57. The summed E-state index contributed by atoms with van der Waals surface area (Å²) in [6.45, 7) is 6.17. The Bertz CT molecular complexity index is 819. The highest BCUT2D eigenvalue weighted by atomic mass is 16.6. The SMILES string of the molecule is Cc1cc(C)nc([C@@H]2CN(C(=O)c3cccc4c3OCCO4)CCO2)n1. The molecule has 0 spiro atoms. The molecule has 2 aromatic rings. The van der Waals surface area contributed by atoms with Crippen molar-refractivity contribution in [2.75, 3.05) is 32.9 Å². The maximum atomic E-state index is 13.1. The minimum atomic E-state index is -0.331. The number of morpholine rings is 1. The summed E-state index contributed by atoms with van der Waals surface area (Å²) in [4.78, 5) is 23.8. The van der Waals surface area contributed by atoms with Crippen molar-refractivity contribution in [1.29, 1.82) is 0 Å². The Morgan fingerprint density at radius 3 is 2.69 bits per heavy atom. The number of carbonyl (C=O) groups is 1. The van der Waals surface area contributed by atoms with Crippen LogP contribution in [0.1, 0.15) is 33.7 Å². The molecule has 26 heavy (non-hydrogen) atoms. The quantitative estimate of drug-likeness (QED) is 0.821. The second-order valence-electron chi connectivity index (χ2n) is 6.45. The third-order valence-electron chi connectivity index (χ3n) is 4.44. The van der Waals surface area contributed by atoms with E-state index in [0.29, 0.717) is 55.8 Å². The van der Waals surface area contributed by atoms with Crippen LogP contribution in [-0.2, 0) is 4.74 Å². The standard InChI is InChI=1S/C19H21N3O4/c1-12-10-13(2)21-18(20-12)16-11-22(6-7-24-16)19(23)14-4-3-5-15-17(14)26-9-8-25-15/h3-5,10,16H,6-9,11H2,1-2H3/t16-/m0/s1. The summed E-state index contributed by atoms with van der Waals surface area (Å²) < 4.78 is 17.1. The van der Waals surface area contributed by atoms with Gasteiger partial charge in [-0.3, -0.25) is 4.79 Å². The summed E-state index contributed by atoms with van der Waals surface area (Å²) in [7, 11) is 0. The largest absolute Gasteiger partial charge is 0.486 e. The zero-order valence-electron chi connectivity index (χ0n) is 14.9. The maximum Gasteiger partial charge on any atom is 0.257 e. The minimum Gasteiger partial charge on any atom is -0.486 e. The van der Waals surface area contributed by atoms with Gasteiger partial charge in [-0.25, -0.2) is 9.97 Å². The first kappa shape index (κ1) is 16.8. The number of ether oxygens (including phenoxy) is 3. The predicted molar refractivity (Wildman–Crippen MR) is 93.5 cm³/mol. The molecule has 0 bridgehead atoms. The van der Waals surface area contributed by atoms with Crippen LogP contribution in [0.4, 0.5) is 0 Å². The molecular formula is C19H21N3O4. The van der Waals surface area contributed by atoms with Crippen LogP contribution in [0.5, 0.6) is 11.5 Å². The number of para-hydroxylation sites is 1. The van der Waals surface area contributed by atoms with Crippen molar-refractivity contribution < 1.29 is 19.0 Å². The Morgan fingerprint density at radius 1 is 1.12 bits per heavy atom. The van der Waals surface area contributed by atoms with E-state index in [-0.39, 0.29) is 12.0 Å². The Kier molecular flexibility index (Phi) is 4.46. The third-order valence-corrected chi connectivity index (χ3v) is 4.44. The summed E-state index contributed by atoms with van der Waals surface area (Å²) in [5.41, 5.74) is 2.30. The van der Waals surface area contributed by atoms with Gasteiger partial charge in [0.15, 0.2) is 17.3 Å². The molecule has 1 aromatic carbocycles. The van der Waals surface area contributed by atoms with Crippen molar-refractivity contribution in [2.24, 2.45) is 0 Å². The number of aryl methyl sites for hydroxylation is 2. The zero-order chi connectivity index (χ0) is 18.1. The lowest BCUT2D eigenvalue weighted by molar-refractivity contribution is -0.0271. The molecule has 0 N–H and O–H groups in total. The number of fused-ring (bicyclic) bond motifs is 1. The Hall–Kier alpha value is -2.67. The fourth-order valence-corrected chi connectivity index (χ4v) is 3.30. The average Bonchev–Trinajstić information content (AvgIpc) is 2.66. The number of benzene rings is 1. The average molecular weight is 355 g/mol. The van der Waals surface area contributed by atoms with E-state index < -0.39 is 0 Å². The molecule has 0 saturated carbocycles. The fourth-order valence-electron chi connectivity index (χ4n) is 3.30. The maximum absolute atomic E-state index is 13.1. The lowest BCUT2D eigenvalue weighted by Crippen LogP contribution is -2.43. The summed E-state index contributed by atoms with van der Waals surface area (Å²) in [6.07, 6.45) is -0.331. The molecule has 0 unspecified atom stereocenters. The molecule has 7 nitrogen and oxygen atoms in total. The molecule has 3 heterocycles. The molecule has 4 rings (SSSR count). The van der Waals surface area contributed by atoms with E-state index in [9.17, 15) is 4.79 Å². The molecule has 2 aliphatic heterocycles. The van der Waals surface area contributed by atoms with Crippen molar-refractivity contribution in [3.8, 4) is 11.5 Å². The third kappa shape index (κ3) is 3.22. The highest BCUT2D eigenvalue weighted by molar-refractivity contribution is 5.98. The van der Waals surface area contributed by atoms with E-state index in [1.807, 2.05) is 32.0 Å². The van der Waals surface area contributed by atoms with E-state index in [2.05, 4.69) is 9.97 Å². The highest BCUT2D eigenvalue weighted by Gasteiger charge is 2.30. The summed E-state index contributed by atoms with van der Waals surface area (Å²) in [6, 6.07) is 7.32. The number of nitrogens with zero attached hydrogens (tertiary/aromatic N) is 3. The molecule has 1 aromatic heterocycles. The Morgan fingerprint density at radius 2 is 1.88 bits per heavy atom. The van der Waals surface area contributed by atoms with E-state index in [4.69, 9.17) is 14.2 Å². The van der Waals surface area contributed by atoms with Crippen molar-refractivity contribution in [2.45, 2.75) is 20.0 Å². The summed E-state index contributed by atoms with van der Waals surface area (Å²) in [5.74, 6) is 1.67. The van der Waals surface area contributed by atoms with Crippen molar-refractivity contribution in [3.63, 3.8) is 0 Å². The lowest BCUT2D eigenvalue weighted by atomic mass is 10.1. The monoisotopic (exact) mass is 355 g/mol. The van der Waals surface area contributed by atoms with Gasteiger partial charge in [-0.05, 0) is 32.0 Å². The van der Waals surface area contributed by atoms with Gasteiger partial charge in [-0.2, -0.15) is 0 Å². The molecule has 1 atom stereocenters. The summed E-state index contributed by atoms with van der Waals surface area (Å²) >= 11 is 0. The molecular weight excluding hydrogens is 334 g/mol. The second-order valence-corrected chi connectivity index (χ2v) is 6.45. The van der Waals surface area contributed by atoms with E-state index in [1.165, 1.54) is 0 Å². The number of aromatic nitrogens is 2. The van der Waals surface area contributed by atoms with Gasteiger partial charge in [0.25, 0.3) is 5.91 Å². The zero-order valence-corrected chi connectivity index (χ0v) is 14.9. The molecule has 7 heteroatoms. The number of hydrogen-bond donors (Lipinski definition) is 0. The normalized spacial score (nSPS) is 19.3. The van der Waals surface area contributed by atoms with E-state index in [0.717, 1.165) is 11.4 Å². The van der Waals surface area contributed by atoms with Gasteiger partial charge in [0.1, 0.15) is 19.3 Å². The van der Waals surface area contributed by atoms with Gasteiger partial charge in [0.2, 0.25) is 0 Å². The highest BCUT2D eigenvalue weighted by Crippen LogP contribution is 2.35. The van der Waals surface area contributed by atoms with Gasteiger partial charge in [0, 0.05) is 17.9 Å². The molecule has 1 amide bonds. The van der Waals surface area contributed by atoms with Crippen LogP contribution in [0, 0.1) is 13.8 Å². The lowest BCUT2D eigenvalue weighted by Gasteiger charge is -2.33. The first-order valence-electron chi connectivity index (χ1n) is 8.73. The number of carbonyl (C=O) groups excluding carboxylic acids is 1. The van der Waals surface area contributed by atoms with Gasteiger partial charge < -0.3 is 19.1 Å². The van der Waals surface area contributed by atoms with Crippen LogP contribution < -0.4 is 9.47 Å². The van der Waals surface area contributed by atoms with Crippen LogP contribution in [0.2, 0.25) is 0 Å². The number of hydrogen-bond acceptors (Lipinski definition) is 6. The topological polar surface area (TPSA) is 73.8 Å². The van der Waals surface area contributed by atoms with Crippen molar-refractivity contribution >= 4 is 5.91 Å². The van der Waals surface area contributed by atoms with Crippen LogP contribution >= 0.6 is 0 Å². The number of amides is 1.